The lowest BCUT2D eigenvalue weighted by atomic mass is 10.0. The second kappa shape index (κ2) is 7.05. The predicted octanol–water partition coefficient (Wildman–Crippen LogP) is 3.09. The standard InChI is InChI=1S/C18H22N2O3/c1-11-9-16(22-3)17(23-4)10-14(11)12(2)20-18(21)13-7-5-6-8-15(13)19/h5-10,12H,19H2,1-4H3,(H,20,21). The highest BCUT2D eigenvalue weighted by molar-refractivity contribution is 5.99. The zero-order valence-electron chi connectivity index (χ0n) is 13.8. The number of ether oxygens (including phenoxy) is 2. The Morgan fingerprint density at radius 2 is 1.74 bits per heavy atom. The van der Waals surface area contributed by atoms with Crippen LogP contribution in [0.3, 0.4) is 0 Å². The van der Waals surface area contributed by atoms with E-state index in [4.69, 9.17) is 15.2 Å². The van der Waals surface area contributed by atoms with Crippen LogP contribution in [0.15, 0.2) is 36.4 Å². The number of hydrogen-bond donors (Lipinski definition) is 2. The number of hydrogen-bond acceptors (Lipinski definition) is 4. The molecular weight excluding hydrogens is 292 g/mol. The average molecular weight is 314 g/mol. The van der Waals surface area contributed by atoms with Crippen LogP contribution < -0.4 is 20.5 Å². The fourth-order valence-corrected chi connectivity index (χ4v) is 2.52. The molecule has 0 saturated carbocycles. The van der Waals surface area contributed by atoms with Gasteiger partial charge in [-0.2, -0.15) is 0 Å². The predicted molar refractivity (Wildman–Crippen MR) is 91.0 cm³/mol. The van der Waals surface area contributed by atoms with Gasteiger partial charge in [-0.1, -0.05) is 12.1 Å². The van der Waals surface area contributed by atoms with E-state index in [2.05, 4.69) is 5.32 Å². The SMILES string of the molecule is COc1cc(C)c(C(C)NC(=O)c2ccccc2N)cc1OC. The van der Waals surface area contributed by atoms with Crippen LogP contribution in [0, 0.1) is 6.92 Å². The zero-order chi connectivity index (χ0) is 17.0. The van der Waals surface area contributed by atoms with Crippen LogP contribution in [-0.4, -0.2) is 20.1 Å². The number of methoxy groups -OCH3 is 2. The molecular formula is C18H22N2O3. The van der Waals surface area contributed by atoms with E-state index in [1.807, 2.05) is 26.0 Å². The highest BCUT2D eigenvalue weighted by Crippen LogP contribution is 2.33. The third-order valence-electron chi connectivity index (χ3n) is 3.79. The Morgan fingerprint density at radius 1 is 1.13 bits per heavy atom. The first kappa shape index (κ1) is 16.7. The largest absolute Gasteiger partial charge is 0.493 e. The van der Waals surface area contributed by atoms with Gasteiger partial charge in [0.2, 0.25) is 0 Å². The Hall–Kier alpha value is -2.69. The quantitative estimate of drug-likeness (QED) is 0.832. The monoisotopic (exact) mass is 314 g/mol. The Balaban J connectivity index is 2.25. The fourth-order valence-electron chi connectivity index (χ4n) is 2.52. The highest BCUT2D eigenvalue weighted by atomic mass is 16.5. The molecule has 1 atom stereocenters. The molecule has 0 aliphatic carbocycles. The summed E-state index contributed by atoms with van der Waals surface area (Å²) < 4.78 is 10.6. The van der Waals surface area contributed by atoms with Crippen molar-refractivity contribution in [2.24, 2.45) is 0 Å². The first-order chi connectivity index (χ1) is 11.0. The van der Waals surface area contributed by atoms with Crippen molar-refractivity contribution in [3.63, 3.8) is 0 Å². The minimum atomic E-state index is -0.204. The molecule has 2 aromatic carbocycles. The summed E-state index contributed by atoms with van der Waals surface area (Å²) in [5.41, 5.74) is 8.76. The minimum Gasteiger partial charge on any atom is -0.493 e. The summed E-state index contributed by atoms with van der Waals surface area (Å²) in [5.74, 6) is 1.10. The molecule has 5 nitrogen and oxygen atoms in total. The molecule has 0 heterocycles. The van der Waals surface area contributed by atoms with Crippen LogP contribution in [0.5, 0.6) is 11.5 Å². The van der Waals surface area contributed by atoms with Crippen LogP contribution in [0.1, 0.15) is 34.5 Å². The van der Waals surface area contributed by atoms with Crippen molar-refractivity contribution in [2.75, 3.05) is 20.0 Å². The van der Waals surface area contributed by atoms with Gasteiger partial charge in [0, 0.05) is 5.69 Å². The summed E-state index contributed by atoms with van der Waals surface area (Å²) in [4.78, 5) is 12.4. The molecule has 0 saturated heterocycles. The molecule has 122 valence electrons. The molecule has 0 aliphatic heterocycles. The number of nitrogens with one attached hydrogen (secondary N) is 1. The second-order valence-corrected chi connectivity index (χ2v) is 5.35. The van der Waals surface area contributed by atoms with Crippen molar-refractivity contribution in [1.29, 1.82) is 0 Å². The van der Waals surface area contributed by atoms with Gasteiger partial charge in [-0.15, -0.1) is 0 Å². The zero-order valence-corrected chi connectivity index (χ0v) is 13.8. The Kier molecular flexibility index (Phi) is 5.11. The number of benzene rings is 2. The van der Waals surface area contributed by atoms with Gasteiger partial charge in [0.1, 0.15) is 0 Å². The molecule has 0 aromatic heterocycles. The molecule has 0 radical (unpaired) electrons. The number of aryl methyl sites for hydroxylation is 1. The van der Waals surface area contributed by atoms with Crippen molar-refractivity contribution < 1.29 is 14.3 Å². The maximum absolute atomic E-state index is 12.4. The van der Waals surface area contributed by atoms with Crippen LogP contribution in [0.4, 0.5) is 5.69 Å². The summed E-state index contributed by atoms with van der Waals surface area (Å²) in [6, 6.07) is 10.6. The van der Waals surface area contributed by atoms with Crippen molar-refractivity contribution in [3.05, 3.63) is 53.1 Å². The lowest BCUT2D eigenvalue weighted by Crippen LogP contribution is -2.27. The molecule has 0 spiro atoms. The van der Waals surface area contributed by atoms with Crippen molar-refractivity contribution in [1.82, 2.24) is 5.32 Å². The van der Waals surface area contributed by atoms with E-state index < -0.39 is 0 Å². The molecule has 0 bridgehead atoms. The third kappa shape index (κ3) is 3.56. The normalized spacial score (nSPS) is 11.7. The van der Waals surface area contributed by atoms with E-state index >= 15 is 0 Å². The summed E-state index contributed by atoms with van der Waals surface area (Å²) in [6.07, 6.45) is 0. The molecule has 1 unspecified atom stereocenters. The maximum Gasteiger partial charge on any atom is 0.253 e. The number of nitrogens with two attached hydrogens (primary N) is 1. The summed E-state index contributed by atoms with van der Waals surface area (Å²) in [7, 11) is 3.19. The third-order valence-corrected chi connectivity index (χ3v) is 3.79. The molecule has 1 amide bonds. The van der Waals surface area contributed by atoms with Gasteiger partial charge < -0.3 is 20.5 Å². The molecule has 2 rings (SSSR count). The Bertz CT molecular complexity index is 713. The molecule has 3 N–H and O–H groups in total. The van der Waals surface area contributed by atoms with Gasteiger partial charge in [0.05, 0.1) is 25.8 Å². The van der Waals surface area contributed by atoms with E-state index in [0.29, 0.717) is 22.7 Å². The summed E-state index contributed by atoms with van der Waals surface area (Å²) >= 11 is 0. The van der Waals surface area contributed by atoms with Gasteiger partial charge >= 0.3 is 0 Å². The summed E-state index contributed by atoms with van der Waals surface area (Å²) in [5, 5.41) is 2.97. The number of para-hydroxylation sites is 1. The van der Waals surface area contributed by atoms with Gasteiger partial charge in [-0.3, -0.25) is 4.79 Å². The number of anilines is 1. The first-order valence-corrected chi connectivity index (χ1v) is 7.35. The second-order valence-electron chi connectivity index (χ2n) is 5.35. The molecule has 5 heteroatoms. The number of rotatable bonds is 5. The van der Waals surface area contributed by atoms with Crippen molar-refractivity contribution in [2.45, 2.75) is 19.9 Å². The van der Waals surface area contributed by atoms with Gasteiger partial charge in [-0.05, 0) is 49.2 Å². The van der Waals surface area contributed by atoms with Crippen LogP contribution in [-0.2, 0) is 0 Å². The first-order valence-electron chi connectivity index (χ1n) is 7.35. The van der Waals surface area contributed by atoms with Crippen LogP contribution in [0.2, 0.25) is 0 Å². The fraction of sp³-hybridized carbons (Fsp3) is 0.278. The Labute approximate surface area is 136 Å². The van der Waals surface area contributed by atoms with Crippen molar-refractivity contribution >= 4 is 11.6 Å². The number of nitrogen functional groups attached to an aromatic ring is 1. The topological polar surface area (TPSA) is 73.6 Å². The van der Waals surface area contributed by atoms with E-state index in [1.165, 1.54) is 0 Å². The molecule has 23 heavy (non-hydrogen) atoms. The molecule has 0 fully saturated rings. The summed E-state index contributed by atoms with van der Waals surface area (Å²) in [6.45, 7) is 3.89. The Morgan fingerprint density at radius 3 is 2.35 bits per heavy atom. The van der Waals surface area contributed by atoms with Gasteiger partial charge in [0.15, 0.2) is 11.5 Å². The highest BCUT2D eigenvalue weighted by Gasteiger charge is 2.17. The van der Waals surface area contributed by atoms with Gasteiger partial charge in [-0.25, -0.2) is 0 Å². The molecule has 0 aliphatic rings. The van der Waals surface area contributed by atoms with E-state index in [1.54, 1.807) is 38.5 Å². The lowest BCUT2D eigenvalue weighted by molar-refractivity contribution is 0.0940. The van der Waals surface area contributed by atoms with Gasteiger partial charge in [0.25, 0.3) is 5.91 Å². The van der Waals surface area contributed by atoms with E-state index in [9.17, 15) is 4.79 Å². The van der Waals surface area contributed by atoms with Crippen LogP contribution >= 0.6 is 0 Å². The minimum absolute atomic E-state index is 0.193. The lowest BCUT2D eigenvalue weighted by Gasteiger charge is -2.19. The van der Waals surface area contributed by atoms with E-state index in [-0.39, 0.29) is 11.9 Å². The maximum atomic E-state index is 12.4. The van der Waals surface area contributed by atoms with E-state index in [0.717, 1.165) is 11.1 Å². The average Bonchev–Trinajstić information content (AvgIpc) is 2.54. The van der Waals surface area contributed by atoms with Crippen LogP contribution in [0.25, 0.3) is 0 Å². The number of carbonyl (C=O) groups is 1. The van der Waals surface area contributed by atoms with Crippen molar-refractivity contribution in [3.8, 4) is 11.5 Å². The molecule has 2 aromatic rings. The number of carbonyl (C=O) groups excluding carboxylic acids is 1. The smallest absolute Gasteiger partial charge is 0.253 e. The number of amides is 1.